The van der Waals surface area contributed by atoms with Gasteiger partial charge in [0.25, 0.3) is 0 Å². The molecule has 0 bridgehead atoms. The highest BCUT2D eigenvalue weighted by Gasteiger charge is 2.00. The first-order chi connectivity index (χ1) is 7.42. The molecule has 2 nitrogen and oxygen atoms in total. The van der Waals surface area contributed by atoms with Crippen LogP contribution in [0, 0.1) is 0 Å². The fraction of sp³-hybridized carbons (Fsp3) is 0.385. The van der Waals surface area contributed by atoms with E-state index in [9.17, 15) is 0 Å². The van der Waals surface area contributed by atoms with Crippen LogP contribution in [0.3, 0.4) is 0 Å². The number of aromatic amines is 1. The molecule has 15 heavy (non-hydrogen) atoms. The van der Waals surface area contributed by atoms with E-state index in [0.717, 1.165) is 13.1 Å². The number of nitrogens with one attached hydrogen (secondary N) is 2. The van der Waals surface area contributed by atoms with Crippen molar-refractivity contribution in [3.05, 3.63) is 36.0 Å². The van der Waals surface area contributed by atoms with Gasteiger partial charge in [-0.05, 0) is 24.6 Å². The first-order valence-electron chi connectivity index (χ1n) is 5.67. The molecular formula is C13H18N2. The fourth-order valence-electron chi connectivity index (χ4n) is 1.80. The van der Waals surface area contributed by atoms with Gasteiger partial charge in [0.05, 0.1) is 0 Å². The molecule has 0 spiro atoms. The standard InChI is InChI=1S/C13H18N2/c1-2-3-8-14-9-11-10-15-13-7-5-4-6-12(11)13/h4-7,10,14-15H,2-3,8-9H2,1H3. The summed E-state index contributed by atoms with van der Waals surface area (Å²) in [5.74, 6) is 0. The molecule has 0 unspecified atom stereocenters. The van der Waals surface area contributed by atoms with Gasteiger partial charge in [-0.3, -0.25) is 0 Å². The molecule has 2 rings (SSSR count). The molecule has 0 saturated heterocycles. The lowest BCUT2D eigenvalue weighted by atomic mass is 10.2. The predicted molar refractivity (Wildman–Crippen MR) is 64.9 cm³/mol. The third-order valence-corrected chi connectivity index (χ3v) is 2.70. The summed E-state index contributed by atoms with van der Waals surface area (Å²) < 4.78 is 0. The number of hydrogen-bond acceptors (Lipinski definition) is 1. The number of aromatic nitrogens is 1. The van der Waals surface area contributed by atoms with Gasteiger partial charge in [-0.15, -0.1) is 0 Å². The van der Waals surface area contributed by atoms with E-state index in [0.29, 0.717) is 0 Å². The van der Waals surface area contributed by atoms with Gasteiger partial charge in [0, 0.05) is 23.6 Å². The van der Waals surface area contributed by atoms with E-state index in [1.807, 2.05) is 0 Å². The molecule has 2 aromatic rings. The SMILES string of the molecule is CCCCNCc1c[nH]c2ccccc12. The quantitative estimate of drug-likeness (QED) is 0.716. The lowest BCUT2D eigenvalue weighted by molar-refractivity contribution is 0.643. The second kappa shape index (κ2) is 4.99. The summed E-state index contributed by atoms with van der Waals surface area (Å²) in [6.07, 6.45) is 4.60. The maximum atomic E-state index is 3.46. The van der Waals surface area contributed by atoms with Gasteiger partial charge in [-0.2, -0.15) is 0 Å². The summed E-state index contributed by atoms with van der Waals surface area (Å²) in [6.45, 7) is 4.29. The van der Waals surface area contributed by atoms with Crippen molar-refractivity contribution in [1.82, 2.24) is 10.3 Å². The fourth-order valence-corrected chi connectivity index (χ4v) is 1.80. The highest BCUT2D eigenvalue weighted by atomic mass is 14.9. The van der Waals surface area contributed by atoms with Crippen LogP contribution in [0.2, 0.25) is 0 Å². The summed E-state index contributed by atoms with van der Waals surface area (Å²) in [5.41, 5.74) is 2.59. The van der Waals surface area contributed by atoms with Gasteiger partial charge in [-0.25, -0.2) is 0 Å². The summed E-state index contributed by atoms with van der Waals surface area (Å²) in [4.78, 5) is 3.29. The van der Waals surface area contributed by atoms with Crippen LogP contribution in [0.5, 0.6) is 0 Å². The summed E-state index contributed by atoms with van der Waals surface area (Å²) in [6, 6.07) is 8.44. The molecule has 0 amide bonds. The van der Waals surface area contributed by atoms with Crippen molar-refractivity contribution in [3.8, 4) is 0 Å². The highest BCUT2D eigenvalue weighted by molar-refractivity contribution is 5.82. The molecule has 0 aliphatic carbocycles. The number of benzene rings is 1. The summed E-state index contributed by atoms with van der Waals surface area (Å²) in [7, 11) is 0. The zero-order valence-electron chi connectivity index (χ0n) is 9.22. The third-order valence-electron chi connectivity index (χ3n) is 2.70. The van der Waals surface area contributed by atoms with Crippen molar-refractivity contribution in [3.63, 3.8) is 0 Å². The maximum absolute atomic E-state index is 3.46. The van der Waals surface area contributed by atoms with Gasteiger partial charge < -0.3 is 10.3 Å². The molecule has 0 radical (unpaired) electrons. The molecular weight excluding hydrogens is 184 g/mol. The van der Waals surface area contributed by atoms with Crippen molar-refractivity contribution in [2.45, 2.75) is 26.3 Å². The Kier molecular flexibility index (Phi) is 3.41. The Hall–Kier alpha value is -1.28. The molecule has 0 aliphatic rings. The van der Waals surface area contributed by atoms with Crippen LogP contribution in [0.4, 0.5) is 0 Å². The molecule has 1 heterocycles. The topological polar surface area (TPSA) is 27.8 Å². The molecule has 0 aliphatic heterocycles. The Bertz CT molecular complexity index is 417. The molecule has 2 heteroatoms. The minimum absolute atomic E-state index is 0.962. The lowest BCUT2D eigenvalue weighted by Gasteiger charge is -2.02. The first-order valence-corrected chi connectivity index (χ1v) is 5.67. The largest absolute Gasteiger partial charge is 0.361 e. The van der Waals surface area contributed by atoms with Crippen LogP contribution < -0.4 is 5.32 Å². The molecule has 0 saturated carbocycles. The molecule has 80 valence electrons. The molecule has 2 N–H and O–H groups in total. The zero-order chi connectivity index (χ0) is 10.5. The molecule has 1 aromatic carbocycles. The van der Waals surface area contributed by atoms with Gasteiger partial charge in [-0.1, -0.05) is 31.5 Å². The van der Waals surface area contributed by atoms with Crippen molar-refractivity contribution in [1.29, 1.82) is 0 Å². The van der Waals surface area contributed by atoms with E-state index in [2.05, 4.69) is 47.7 Å². The zero-order valence-corrected chi connectivity index (χ0v) is 9.22. The van der Waals surface area contributed by atoms with Crippen molar-refractivity contribution < 1.29 is 0 Å². The number of fused-ring (bicyclic) bond motifs is 1. The third kappa shape index (κ3) is 2.39. The maximum Gasteiger partial charge on any atom is 0.0457 e. The van der Waals surface area contributed by atoms with E-state index in [1.165, 1.54) is 29.3 Å². The van der Waals surface area contributed by atoms with Gasteiger partial charge >= 0.3 is 0 Å². The highest BCUT2D eigenvalue weighted by Crippen LogP contribution is 2.17. The van der Waals surface area contributed by atoms with Crippen molar-refractivity contribution in [2.24, 2.45) is 0 Å². The van der Waals surface area contributed by atoms with Crippen LogP contribution in [0.15, 0.2) is 30.5 Å². The minimum Gasteiger partial charge on any atom is -0.361 e. The minimum atomic E-state index is 0.962. The van der Waals surface area contributed by atoms with Crippen LogP contribution in [0.1, 0.15) is 25.3 Å². The van der Waals surface area contributed by atoms with E-state index in [1.54, 1.807) is 0 Å². The second-order valence-corrected chi connectivity index (χ2v) is 3.89. The van der Waals surface area contributed by atoms with Crippen molar-refractivity contribution >= 4 is 10.9 Å². The Morgan fingerprint density at radius 3 is 3.00 bits per heavy atom. The Morgan fingerprint density at radius 1 is 1.27 bits per heavy atom. The van der Waals surface area contributed by atoms with Crippen LogP contribution in [0.25, 0.3) is 10.9 Å². The van der Waals surface area contributed by atoms with Crippen LogP contribution in [-0.4, -0.2) is 11.5 Å². The predicted octanol–water partition coefficient (Wildman–Crippen LogP) is 3.06. The van der Waals surface area contributed by atoms with Crippen LogP contribution in [-0.2, 0) is 6.54 Å². The monoisotopic (exact) mass is 202 g/mol. The number of hydrogen-bond donors (Lipinski definition) is 2. The Balaban J connectivity index is 2.02. The van der Waals surface area contributed by atoms with Gasteiger partial charge in [0.1, 0.15) is 0 Å². The smallest absolute Gasteiger partial charge is 0.0457 e. The van der Waals surface area contributed by atoms with E-state index < -0.39 is 0 Å². The van der Waals surface area contributed by atoms with Crippen molar-refractivity contribution in [2.75, 3.05) is 6.54 Å². The Labute approximate surface area is 90.7 Å². The first kappa shape index (κ1) is 10.2. The van der Waals surface area contributed by atoms with E-state index in [4.69, 9.17) is 0 Å². The number of unbranched alkanes of at least 4 members (excludes halogenated alkanes) is 1. The number of para-hydroxylation sites is 1. The van der Waals surface area contributed by atoms with E-state index in [-0.39, 0.29) is 0 Å². The molecule has 1 aromatic heterocycles. The van der Waals surface area contributed by atoms with Crippen LogP contribution >= 0.6 is 0 Å². The van der Waals surface area contributed by atoms with E-state index >= 15 is 0 Å². The summed E-state index contributed by atoms with van der Waals surface area (Å²) in [5, 5.41) is 4.80. The normalized spacial score (nSPS) is 11.0. The number of rotatable bonds is 5. The van der Waals surface area contributed by atoms with Gasteiger partial charge in [0.15, 0.2) is 0 Å². The van der Waals surface area contributed by atoms with Gasteiger partial charge in [0.2, 0.25) is 0 Å². The average molecular weight is 202 g/mol. The molecule has 0 fully saturated rings. The summed E-state index contributed by atoms with van der Waals surface area (Å²) >= 11 is 0. The molecule has 0 atom stereocenters. The average Bonchev–Trinajstić information content (AvgIpc) is 2.68. The number of H-pyrrole nitrogens is 1. The lowest BCUT2D eigenvalue weighted by Crippen LogP contribution is -2.13. The second-order valence-electron chi connectivity index (χ2n) is 3.89. The Morgan fingerprint density at radius 2 is 2.13 bits per heavy atom.